The summed E-state index contributed by atoms with van der Waals surface area (Å²) in [6.07, 6.45) is 1.50. The Bertz CT molecular complexity index is 2400. The summed E-state index contributed by atoms with van der Waals surface area (Å²) in [5.41, 5.74) is 0. The standard InChI is InChI=1S/C66H109N7O26/c1-42(74)24-16-14-12-10-11-13-15-17-27-58(87)73-51(38-88-36-28-56(85)69-32-22-30-67-54(83)25-18-20-34-90-65-59(71-43(2)75)63(96-49(8)81)61(94-47(6)79)52(98-65)40-92-45(4)77)39-89-37-29-57(86)70-33-23-31-68-55(84)26-19-21-35-91-66-60(72-44(3)76)64(97-50(9)82)62(95-48(7)80)53(99-66)41-93-46(5)78/h51-53,59-66H,10-41H2,1-9H3,(H,67,83)(H,68,84)(H,69,85)(H,70,86)(H,71,75)(H,72,76)(H,73,87)/t52-,53-,59-,60-,61+,62+,63-,64-,65-,66-/m1/s1. The molecule has 2 heterocycles. The molecule has 7 amide bonds. The first-order chi connectivity index (χ1) is 47.1. The minimum atomic E-state index is -1.27. The molecule has 2 rings (SSSR count). The molecule has 2 fully saturated rings. The van der Waals surface area contributed by atoms with E-state index in [0.717, 1.165) is 72.6 Å². The minimum absolute atomic E-state index is 0.0164. The van der Waals surface area contributed by atoms with Crippen molar-refractivity contribution in [3.63, 3.8) is 0 Å². The van der Waals surface area contributed by atoms with E-state index in [1.165, 1.54) is 27.7 Å². The number of Topliss-reactive ketones (excluding diaryl/α,β-unsaturated/α-hetero) is 1. The topological polar surface area (TPSA) is 434 Å². The van der Waals surface area contributed by atoms with Crippen LogP contribution in [-0.2, 0) is 124 Å². The van der Waals surface area contributed by atoms with E-state index in [1.54, 1.807) is 6.92 Å². The maximum Gasteiger partial charge on any atom is 0.303 e. The van der Waals surface area contributed by atoms with Crippen LogP contribution < -0.4 is 37.2 Å². The van der Waals surface area contributed by atoms with Gasteiger partial charge >= 0.3 is 35.8 Å². The van der Waals surface area contributed by atoms with Crippen molar-refractivity contribution < 1.29 is 124 Å². The number of ether oxygens (including phenoxy) is 12. The second kappa shape index (κ2) is 51.7. The van der Waals surface area contributed by atoms with E-state index < -0.39 is 115 Å². The van der Waals surface area contributed by atoms with Crippen LogP contribution in [0.5, 0.6) is 0 Å². The van der Waals surface area contributed by atoms with Crippen molar-refractivity contribution in [1.82, 2.24) is 37.2 Å². The lowest BCUT2D eigenvalue weighted by Gasteiger charge is -2.44. The lowest BCUT2D eigenvalue weighted by Crippen LogP contribution is -2.66. The van der Waals surface area contributed by atoms with Gasteiger partial charge in [0.1, 0.15) is 43.3 Å². The molecule has 0 aliphatic carbocycles. The normalized spacial score (nSPS) is 20.2. The van der Waals surface area contributed by atoms with Crippen LogP contribution >= 0.6 is 0 Å². The molecule has 99 heavy (non-hydrogen) atoms. The number of esters is 6. The third-order valence-corrected chi connectivity index (χ3v) is 14.9. The van der Waals surface area contributed by atoms with Gasteiger partial charge in [-0.2, -0.15) is 0 Å². The van der Waals surface area contributed by atoms with Crippen molar-refractivity contribution in [3.05, 3.63) is 0 Å². The number of nitrogens with one attached hydrogen (secondary N) is 7. The average Bonchev–Trinajstić information content (AvgIpc) is 0.796. The Hall–Kier alpha value is -7.46. The first-order valence-electron chi connectivity index (χ1n) is 34.2. The average molecular weight is 1420 g/mol. The van der Waals surface area contributed by atoms with E-state index >= 15 is 0 Å². The van der Waals surface area contributed by atoms with Crippen molar-refractivity contribution >= 4 is 82.9 Å². The summed E-state index contributed by atoms with van der Waals surface area (Å²) >= 11 is 0. The zero-order valence-electron chi connectivity index (χ0n) is 59.1. The van der Waals surface area contributed by atoms with E-state index in [1.807, 2.05) is 0 Å². The molecule has 7 N–H and O–H groups in total. The summed E-state index contributed by atoms with van der Waals surface area (Å²) in [7, 11) is 0. The van der Waals surface area contributed by atoms with Gasteiger partial charge in [-0.15, -0.1) is 0 Å². The zero-order valence-corrected chi connectivity index (χ0v) is 59.1. The maximum absolute atomic E-state index is 13.0. The number of hydrogen-bond donors (Lipinski definition) is 7. The van der Waals surface area contributed by atoms with Crippen molar-refractivity contribution in [2.75, 3.05) is 79.0 Å². The molecule has 2 aliphatic rings. The highest BCUT2D eigenvalue weighted by molar-refractivity contribution is 5.79. The van der Waals surface area contributed by atoms with Gasteiger partial charge in [-0.05, 0) is 58.3 Å². The molecule has 2 aliphatic heterocycles. The molecule has 0 spiro atoms. The molecule has 0 saturated carbocycles. The summed E-state index contributed by atoms with van der Waals surface area (Å²) in [6, 6.07) is -2.82. The first kappa shape index (κ1) is 87.6. The summed E-state index contributed by atoms with van der Waals surface area (Å²) in [6.45, 7) is 11.5. The highest BCUT2D eigenvalue weighted by Crippen LogP contribution is 2.30. The molecule has 0 unspecified atom stereocenters. The van der Waals surface area contributed by atoms with Crippen molar-refractivity contribution in [2.45, 2.75) is 258 Å². The summed E-state index contributed by atoms with van der Waals surface area (Å²) in [5.74, 6) is -6.34. The van der Waals surface area contributed by atoms with Crippen LogP contribution in [0, 0.1) is 0 Å². The molecule has 33 nitrogen and oxygen atoms in total. The highest BCUT2D eigenvalue weighted by atomic mass is 16.7. The third-order valence-electron chi connectivity index (χ3n) is 14.9. The number of carbonyl (C=O) groups is 14. The van der Waals surface area contributed by atoms with Gasteiger partial charge in [0.2, 0.25) is 41.4 Å². The number of carbonyl (C=O) groups excluding carboxylic acids is 14. The van der Waals surface area contributed by atoms with Crippen LogP contribution in [0.2, 0.25) is 0 Å². The van der Waals surface area contributed by atoms with Gasteiger partial charge in [-0.1, -0.05) is 38.5 Å². The van der Waals surface area contributed by atoms with Crippen molar-refractivity contribution in [1.29, 1.82) is 0 Å². The predicted octanol–water partition coefficient (Wildman–Crippen LogP) is 1.71. The van der Waals surface area contributed by atoms with Gasteiger partial charge in [-0.25, -0.2) is 0 Å². The molecule has 0 aromatic rings. The van der Waals surface area contributed by atoms with Crippen LogP contribution in [0.1, 0.15) is 191 Å². The number of amides is 7. The monoisotopic (exact) mass is 1420 g/mol. The number of ketones is 1. The fraction of sp³-hybridized carbons (Fsp3) is 0.788. The van der Waals surface area contributed by atoms with Crippen molar-refractivity contribution in [3.8, 4) is 0 Å². The van der Waals surface area contributed by atoms with E-state index in [2.05, 4.69) is 37.2 Å². The van der Waals surface area contributed by atoms with E-state index in [9.17, 15) is 67.1 Å². The van der Waals surface area contributed by atoms with Gasteiger partial charge in [0, 0.05) is 133 Å². The summed E-state index contributed by atoms with van der Waals surface area (Å²) < 4.78 is 67.5. The lowest BCUT2D eigenvalue weighted by molar-refractivity contribution is -0.277. The quantitative estimate of drug-likeness (QED) is 0.0259. The first-order valence-corrected chi connectivity index (χ1v) is 34.2. The fourth-order valence-corrected chi connectivity index (χ4v) is 10.4. The highest BCUT2D eigenvalue weighted by Gasteiger charge is 2.53. The smallest absolute Gasteiger partial charge is 0.303 e. The third kappa shape index (κ3) is 42.3. The SMILES string of the molecule is CC(=O)CCCCCCCCCCC(=O)NC(COCCC(=O)NCCCNC(=O)CCCCO[C@@H]1O[C@H](COC(C)=O)[C@H](OC(C)=O)[C@H](OC(C)=O)[C@H]1NC(C)=O)COCCC(=O)NCCCNC(=O)CCCCO[C@@H]1O[C@H](COC(C)=O)[C@H](OC(C)=O)[C@H](OC(C)=O)[C@H]1NC(C)=O. The fourth-order valence-electron chi connectivity index (χ4n) is 10.4. The molecule has 33 heteroatoms. The summed E-state index contributed by atoms with van der Waals surface area (Å²) in [4.78, 5) is 171. The van der Waals surface area contributed by atoms with Gasteiger partial charge in [-0.3, -0.25) is 62.3 Å². The minimum Gasteiger partial charge on any atom is -0.463 e. The van der Waals surface area contributed by atoms with E-state index in [0.29, 0.717) is 57.8 Å². The Morgan fingerprint density at radius 2 is 0.667 bits per heavy atom. The number of unbranched alkanes of at least 4 members (excludes halogenated alkanes) is 9. The largest absolute Gasteiger partial charge is 0.463 e. The Kier molecular flexibility index (Phi) is 45.7. The van der Waals surface area contributed by atoms with Gasteiger partial charge < -0.3 is 98.9 Å². The van der Waals surface area contributed by atoms with Crippen LogP contribution in [0.25, 0.3) is 0 Å². The Morgan fingerprint density at radius 1 is 0.343 bits per heavy atom. The van der Waals surface area contributed by atoms with Gasteiger partial charge in [0.05, 0.1) is 32.5 Å². The number of hydrogen-bond acceptors (Lipinski definition) is 26. The second-order valence-corrected chi connectivity index (χ2v) is 24.1. The van der Waals surface area contributed by atoms with Gasteiger partial charge in [0.25, 0.3) is 0 Å². The molecule has 10 atom stereocenters. The Balaban J connectivity index is 1.77. The maximum atomic E-state index is 13.0. The van der Waals surface area contributed by atoms with Crippen LogP contribution in [-0.4, -0.2) is 229 Å². The molecule has 564 valence electrons. The molecular weight excluding hydrogens is 1310 g/mol. The zero-order chi connectivity index (χ0) is 73.5. The predicted molar refractivity (Wildman–Crippen MR) is 349 cm³/mol. The molecule has 0 radical (unpaired) electrons. The van der Waals surface area contributed by atoms with Crippen LogP contribution in [0.3, 0.4) is 0 Å². The Morgan fingerprint density at radius 3 is 1.01 bits per heavy atom. The molecule has 2 saturated heterocycles. The lowest BCUT2D eigenvalue weighted by atomic mass is 9.96. The van der Waals surface area contributed by atoms with E-state index in [-0.39, 0.29) is 140 Å². The Labute approximate surface area is 579 Å². The van der Waals surface area contributed by atoms with Crippen LogP contribution in [0.4, 0.5) is 0 Å². The van der Waals surface area contributed by atoms with Crippen molar-refractivity contribution in [2.24, 2.45) is 0 Å². The molecule has 0 bridgehead atoms. The number of rotatable bonds is 52. The molecule has 0 aromatic carbocycles. The second-order valence-electron chi connectivity index (χ2n) is 24.1. The van der Waals surface area contributed by atoms with Crippen LogP contribution in [0.15, 0.2) is 0 Å². The molecular formula is C66H109N7O26. The van der Waals surface area contributed by atoms with Gasteiger partial charge in [0.15, 0.2) is 37.0 Å². The molecule has 0 aromatic heterocycles. The van der Waals surface area contributed by atoms with E-state index in [4.69, 9.17) is 56.8 Å². The summed E-state index contributed by atoms with van der Waals surface area (Å²) in [5, 5.41) is 19.4.